The summed E-state index contributed by atoms with van der Waals surface area (Å²) in [7, 11) is 0. The molecule has 27 heavy (non-hydrogen) atoms. The smallest absolute Gasteiger partial charge is 0.191 e. The van der Waals surface area contributed by atoms with Crippen molar-refractivity contribution in [2.45, 2.75) is 6.61 Å². The monoisotopic (exact) mass is 357 g/mol. The van der Waals surface area contributed by atoms with Gasteiger partial charge in [0.05, 0.1) is 16.7 Å². The van der Waals surface area contributed by atoms with Crippen molar-refractivity contribution in [1.29, 1.82) is 0 Å². The fourth-order valence-electron chi connectivity index (χ4n) is 2.80. The number of ether oxygens (including phenoxy) is 1. The van der Waals surface area contributed by atoms with Gasteiger partial charge in [-0.05, 0) is 48.0 Å². The van der Waals surface area contributed by atoms with Crippen LogP contribution in [0.2, 0.25) is 0 Å². The lowest BCUT2D eigenvalue weighted by atomic mass is 10.2. The second kappa shape index (κ2) is 7.21. The number of H-pyrrole nitrogens is 1. The van der Waals surface area contributed by atoms with Gasteiger partial charge in [-0.15, -0.1) is 0 Å². The number of rotatable bonds is 5. The van der Waals surface area contributed by atoms with Gasteiger partial charge in [0.25, 0.3) is 0 Å². The molecule has 4 rings (SSSR count). The summed E-state index contributed by atoms with van der Waals surface area (Å²) < 4.78 is 5.83. The fraction of sp³-hybridized carbons (Fsp3) is 0.0476. The number of nitrogens with zero attached hydrogens (tertiary/aromatic N) is 2. The first-order valence-electron chi connectivity index (χ1n) is 8.54. The van der Waals surface area contributed by atoms with Crippen LogP contribution in [-0.4, -0.2) is 15.9 Å². The van der Waals surface area contributed by atoms with Crippen molar-refractivity contribution >= 4 is 22.7 Å². The number of imidazole rings is 1. The molecular weight excluding hydrogens is 338 g/mol. The second-order valence-electron chi connectivity index (χ2n) is 6.12. The maximum atomic E-state index is 5.83. The van der Waals surface area contributed by atoms with Gasteiger partial charge in [0.1, 0.15) is 18.2 Å². The summed E-state index contributed by atoms with van der Waals surface area (Å²) >= 11 is 0. The second-order valence-corrected chi connectivity index (χ2v) is 6.12. The molecule has 0 bridgehead atoms. The third-order valence-electron chi connectivity index (χ3n) is 4.10. The normalized spacial score (nSPS) is 10.7. The molecule has 0 amide bonds. The van der Waals surface area contributed by atoms with Crippen molar-refractivity contribution in [3.8, 4) is 17.1 Å². The summed E-state index contributed by atoms with van der Waals surface area (Å²) in [5.41, 5.74) is 15.4. The quantitative estimate of drug-likeness (QED) is 0.374. The Morgan fingerprint density at radius 3 is 2.48 bits per heavy atom. The van der Waals surface area contributed by atoms with Crippen LogP contribution < -0.4 is 16.2 Å². The van der Waals surface area contributed by atoms with Crippen LogP contribution in [0.5, 0.6) is 5.75 Å². The Bertz CT molecular complexity index is 1080. The maximum absolute atomic E-state index is 5.83. The molecule has 4 aromatic rings. The lowest BCUT2D eigenvalue weighted by molar-refractivity contribution is 0.306. The number of fused-ring (bicyclic) bond motifs is 1. The van der Waals surface area contributed by atoms with Crippen molar-refractivity contribution in [2.75, 3.05) is 0 Å². The molecule has 1 heterocycles. The van der Waals surface area contributed by atoms with Crippen LogP contribution >= 0.6 is 0 Å². The lowest BCUT2D eigenvalue weighted by Crippen LogP contribution is -2.21. The molecule has 0 fully saturated rings. The minimum Gasteiger partial charge on any atom is -0.489 e. The Hall–Kier alpha value is -3.80. The largest absolute Gasteiger partial charge is 0.489 e. The van der Waals surface area contributed by atoms with Gasteiger partial charge in [-0.1, -0.05) is 30.3 Å². The molecule has 0 saturated carbocycles. The zero-order valence-corrected chi connectivity index (χ0v) is 14.6. The summed E-state index contributed by atoms with van der Waals surface area (Å²) in [5, 5.41) is 0. The summed E-state index contributed by atoms with van der Waals surface area (Å²) in [6.45, 7) is 0.540. The molecule has 0 aliphatic rings. The molecule has 0 aliphatic heterocycles. The molecule has 1 aromatic heterocycles. The molecule has 6 nitrogen and oxygen atoms in total. The number of benzene rings is 3. The number of aromatic nitrogens is 2. The van der Waals surface area contributed by atoms with Crippen molar-refractivity contribution in [2.24, 2.45) is 16.5 Å². The number of hydrogen-bond donors (Lipinski definition) is 3. The lowest BCUT2D eigenvalue weighted by Gasteiger charge is -2.06. The highest BCUT2D eigenvalue weighted by Crippen LogP contribution is 2.25. The van der Waals surface area contributed by atoms with Crippen LogP contribution in [0, 0.1) is 0 Å². The molecule has 0 aliphatic carbocycles. The van der Waals surface area contributed by atoms with E-state index in [4.69, 9.17) is 16.2 Å². The van der Waals surface area contributed by atoms with Gasteiger partial charge in [0.2, 0.25) is 0 Å². The molecular formula is C21H19N5O. The van der Waals surface area contributed by atoms with E-state index in [2.05, 4.69) is 15.0 Å². The van der Waals surface area contributed by atoms with E-state index < -0.39 is 0 Å². The first-order chi connectivity index (χ1) is 13.2. The SMILES string of the molecule is NC(N)=Nc1ccc2nc(-c3ccc(OCc4ccccc4)cc3)[nH]c2c1. The Morgan fingerprint density at radius 1 is 0.963 bits per heavy atom. The van der Waals surface area contributed by atoms with E-state index in [0.29, 0.717) is 12.3 Å². The van der Waals surface area contributed by atoms with E-state index in [9.17, 15) is 0 Å². The summed E-state index contributed by atoms with van der Waals surface area (Å²) in [4.78, 5) is 12.0. The van der Waals surface area contributed by atoms with Crippen molar-refractivity contribution in [3.05, 3.63) is 78.4 Å². The topological polar surface area (TPSA) is 102 Å². The van der Waals surface area contributed by atoms with Crippen molar-refractivity contribution in [3.63, 3.8) is 0 Å². The van der Waals surface area contributed by atoms with Crippen LogP contribution in [-0.2, 0) is 6.61 Å². The molecule has 0 spiro atoms. The van der Waals surface area contributed by atoms with E-state index >= 15 is 0 Å². The Kier molecular flexibility index (Phi) is 4.45. The fourth-order valence-corrected chi connectivity index (χ4v) is 2.80. The predicted molar refractivity (Wildman–Crippen MR) is 108 cm³/mol. The molecule has 6 heteroatoms. The third-order valence-corrected chi connectivity index (χ3v) is 4.10. The van der Waals surface area contributed by atoms with Crippen LogP contribution in [0.25, 0.3) is 22.4 Å². The minimum absolute atomic E-state index is 0.0279. The summed E-state index contributed by atoms with van der Waals surface area (Å²) in [6.07, 6.45) is 0. The molecule has 0 atom stereocenters. The number of nitrogens with two attached hydrogens (primary N) is 2. The van der Waals surface area contributed by atoms with E-state index in [1.165, 1.54) is 0 Å². The highest BCUT2D eigenvalue weighted by atomic mass is 16.5. The van der Waals surface area contributed by atoms with Crippen molar-refractivity contribution < 1.29 is 4.74 Å². The zero-order chi connectivity index (χ0) is 18.6. The third kappa shape index (κ3) is 3.90. The number of guanidine groups is 1. The summed E-state index contributed by atoms with van der Waals surface area (Å²) in [5.74, 6) is 1.62. The van der Waals surface area contributed by atoms with Crippen LogP contribution in [0.4, 0.5) is 5.69 Å². The molecule has 5 N–H and O–H groups in total. The Morgan fingerprint density at radius 2 is 1.74 bits per heavy atom. The number of hydrogen-bond acceptors (Lipinski definition) is 3. The Balaban J connectivity index is 1.52. The minimum atomic E-state index is 0.0279. The van der Waals surface area contributed by atoms with Crippen LogP contribution in [0.15, 0.2) is 77.8 Å². The van der Waals surface area contributed by atoms with Crippen LogP contribution in [0.1, 0.15) is 5.56 Å². The van der Waals surface area contributed by atoms with Gasteiger partial charge in [-0.2, -0.15) is 0 Å². The molecule has 0 saturated heterocycles. The summed E-state index contributed by atoms with van der Waals surface area (Å²) in [6, 6.07) is 23.5. The van der Waals surface area contributed by atoms with Gasteiger partial charge < -0.3 is 21.2 Å². The molecule has 0 radical (unpaired) electrons. The van der Waals surface area contributed by atoms with E-state index in [1.807, 2.05) is 72.8 Å². The van der Waals surface area contributed by atoms with Crippen LogP contribution in [0.3, 0.4) is 0 Å². The van der Waals surface area contributed by atoms with Gasteiger partial charge in [0.15, 0.2) is 5.96 Å². The van der Waals surface area contributed by atoms with Gasteiger partial charge in [-0.3, -0.25) is 0 Å². The van der Waals surface area contributed by atoms with E-state index in [0.717, 1.165) is 33.7 Å². The average Bonchev–Trinajstić information content (AvgIpc) is 3.10. The maximum Gasteiger partial charge on any atom is 0.191 e. The highest BCUT2D eigenvalue weighted by molar-refractivity contribution is 5.85. The van der Waals surface area contributed by atoms with Gasteiger partial charge >= 0.3 is 0 Å². The van der Waals surface area contributed by atoms with Gasteiger partial charge in [-0.25, -0.2) is 9.98 Å². The van der Waals surface area contributed by atoms with Gasteiger partial charge in [0, 0.05) is 5.56 Å². The number of nitrogens with one attached hydrogen (secondary N) is 1. The Labute approximate surface area is 156 Å². The van der Waals surface area contributed by atoms with E-state index in [-0.39, 0.29) is 5.96 Å². The molecule has 0 unspecified atom stereocenters. The van der Waals surface area contributed by atoms with Crippen molar-refractivity contribution in [1.82, 2.24) is 9.97 Å². The molecule has 3 aromatic carbocycles. The zero-order valence-electron chi connectivity index (χ0n) is 14.6. The standard InChI is InChI=1S/C21H19N5O/c22-21(23)24-16-8-11-18-19(12-16)26-20(25-18)15-6-9-17(10-7-15)27-13-14-4-2-1-3-5-14/h1-12H,13H2,(H,25,26)(H4,22,23,24). The molecule has 134 valence electrons. The first kappa shape index (κ1) is 16.7. The first-order valence-corrected chi connectivity index (χ1v) is 8.54. The number of aromatic amines is 1. The average molecular weight is 357 g/mol. The highest BCUT2D eigenvalue weighted by Gasteiger charge is 2.07. The number of aliphatic imine (C=N–C) groups is 1. The van der Waals surface area contributed by atoms with E-state index in [1.54, 1.807) is 0 Å². The predicted octanol–water partition coefficient (Wildman–Crippen LogP) is 3.71.